The van der Waals surface area contributed by atoms with Gasteiger partial charge in [0.05, 0.1) is 26.4 Å². The van der Waals surface area contributed by atoms with Crippen LogP contribution in [0.15, 0.2) is 30.3 Å². The van der Waals surface area contributed by atoms with Crippen molar-refractivity contribution < 1.29 is 38.2 Å². The third kappa shape index (κ3) is 22.8. The van der Waals surface area contributed by atoms with Gasteiger partial charge in [0.15, 0.2) is 0 Å². The number of nitrogens with one attached hydrogen (secondary N) is 3. The SMILES string of the molecule is CCCCCCCCCCCCCC(=O)N1CCCC1C(=O)NC(Cc1ccccc1)C(=O)NCCCOCCOCCOCCCNC(=O)CCC=O. The second-order valence-electron chi connectivity index (χ2n) is 14.2. The van der Waals surface area contributed by atoms with Crippen molar-refractivity contribution in [2.75, 3.05) is 59.3 Å². The predicted octanol–water partition coefficient (Wildman–Crippen LogP) is 5.45. The lowest BCUT2D eigenvalue weighted by Gasteiger charge is -2.26. The van der Waals surface area contributed by atoms with Crippen LogP contribution in [-0.2, 0) is 44.6 Å². The van der Waals surface area contributed by atoms with E-state index in [-0.39, 0.29) is 36.5 Å². The summed E-state index contributed by atoms with van der Waals surface area (Å²) < 4.78 is 16.6. The second kappa shape index (κ2) is 31.9. The normalized spacial score (nSPS) is 14.5. The van der Waals surface area contributed by atoms with Gasteiger partial charge in [-0.2, -0.15) is 0 Å². The molecule has 12 nitrogen and oxygen atoms in total. The highest BCUT2D eigenvalue weighted by Gasteiger charge is 2.35. The number of hydrogen-bond acceptors (Lipinski definition) is 8. The number of likely N-dealkylation sites (tertiary alicyclic amines) is 1. The Morgan fingerprint density at radius 2 is 1.31 bits per heavy atom. The molecule has 4 amide bonds. The maximum atomic E-state index is 13.5. The summed E-state index contributed by atoms with van der Waals surface area (Å²) in [5.74, 6) is -0.614. The molecule has 0 saturated carbocycles. The van der Waals surface area contributed by atoms with Gasteiger partial charge in [0.2, 0.25) is 23.6 Å². The molecule has 12 heteroatoms. The quantitative estimate of drug-likeness (QED) is 0.0621. The predicted molar refractivity (Wildman–Crippen MR) is 211 cm³/mol. The maximum Gasteiger partial charge on any atom is 0.243 e. The van der Waals surface area contributed by atoms with E-state index in [1.807, 2.05) is 30.3 Å². The molecular weight excluding hydrogens is 688 g/mol. The van der Waals surface area contributed by atoms with Crippen molar-refractivity contribution in [2.45, 2.75) is 141 Å². The van der Waals surface area contributed by atoms with E-state index in [1.54, 1.807) is 4.90 Å². The van der Waals surface area contributed by atoms with Crippen molar-refractivity contribution in [1.82, 2.24) is 20.9 Å². The summed E-state index contributed by atoms with van der Waals surface area (Å²) in [4.78, 5) is 63.4. The molecule has 1 heterocycles. The molecule has 1 aromatic rings. The number of nitrogens with zero attached hydrogens (tertiary/aromatic N) is 1. The van der Waals surface area contributed by atoms with E-state index >= 15 is 0 Å². The number of carbonyl (C=O) groups excluding carboxylic acids is 5. The molecule has 0 spiro atoms. The first-order valence-corrected chi connectivity index (χ1v) is 20.8. The van der Waals surface area contributed by atoms with Crippen molar-refractivity contribution in [2.24, 2.45) is 0 Å². The number of amides is 4. The Morgan fingerprint density at radius 3 is 1.93 bits per heavy atom. The van der Waals surface area contributed by atoms with E-state index in [1.165, 1.54) is 51.4 Å². The smallest absolute Gasteiger partial charge is 0.243 e. The third-order valence-electron chi connectivity index (χ3n) is 9.57. The van der Waals surface area contributed by atoms with Crippen LogP contribution in [0.1, 0.15) is 128 Å². The lowest BCUT2D eigenvalue weighted by molar-refractivity contribution is -0.139. The molecule has 0 bridgehead atoms. The summed E-state index contributed by atoms with van der Waals surface area (Å²) in [7, 11) is 0. The molecule has 1 saturated heterocycles. The topological polar surface area (TPSA) is 152 Å². The fourth-order valence-corrected chi connectivity index (χ4v) is 6.48. The van der Waals surface area contributed by atoms with E-state index in [0.29, 0.717) is 91.4 Å². The number of hydrogen-bond donors (Lipinski definition) is 3. The van der Waals surface area contributed by atoms with Gasteiger partial charge >= 0.3 is 0 Å². The Balaban J connectivity index is 1.62. The fourth-order valence-electron chi connectivity index (χ4n) is 6.48. The van der Waals surface area contributed by atoms with Crippen LogP contribution in [0, 0.1) is 0 Å². The lowest BCUT2D eigenvalue weighted by Crippen LogP contribution is -2.54. The first-order chi connectivity index (χ1) is 26.5. The van der Waals surface area contributed by atoms with Crippen LogP contribution in [0.4, 0.5) is 0 Å². The summed E-state index contributed by atoms with van der Waals surface area (Å²) in [6.07, 6.45) is 18.2. The van der Waals surface area contributed by atoms with Crippen LogP contribution in [0.3, 0.4) is 0 Å². The van der Waals surface area contributed by atoms with Crippen molar-refractivity contribution >= 4 is 29.9 Å². The Labute approximate surface area is 324 Å². The van der Waals surface area contributed by atoms with Gasteiger partial charge < -0.3 is 39.9 Å². The zero-order valence-electron chi connectivity index (χ0n) is 33.1. The number of unbranched alkanes of at least 4 members (excludes halogenated alkanes) is 10. The van der Waals surface area contributed by atoms with E-state index < -0.39 is 12.1 Å². The Morgan fingerprint density at radius 1 is 0.741 bits per heavy atom. The molecule has 306 valence electrons. The summed E-state index contributed by atoms with van der Waals surface area (Å²) >= 11 is 0. The molecule has 2 unspecified atom stereocenters. The number of rotatable bonds is 34. The van der Waals surface area contributed by atoms with Crippen molar-refractivity contribution in [3.63, 3.8) is 0 Å². The molecule has 1 fully saturated rings. The molecule has 1 aliphatic rings. The molecule has 3 N–H and O–H groups in total. The molecule has 0 radical (unpaired) electrons. The van der Waals surface area contributed by atoms with Crippen LogP contribution in [0.5, 0.6) is 0 Å². The van der Waals surface area contributed by atoms with Gasteiger partial charge in [-0.05, 0) is 37.7 Å². The lowest BCUT2D eigenvalue weighted by atomic mass is 10.0. The van der Waals surface area contributed by atoms with Gasteiger partial charge in [-0.15, -0.1) is 0 Å². The summed E-state index contributed by atoms with van der Waals surface area (Å²) in [5.41, 5.74) is 0.943. The Kier molecular flexibility index (Phi) is 27.7. The molecule has 0 aromatic heterocycles. The summed E-state index contributed by atoms with van der Waals surface area (Å²) in [6.45, 7) is 6.42. The molecule has 2 rings (SSSR count). The molecule has 2 atom stereocenters. The van der Waals surface area contributed by atoms with E-state index in [0.717, 1.165) is 37.5 Å². The van der Waals surface area contributed by atoms with Crippen LogP contribution in [-0.4, -0.2) is 106 Å². The first-order valence-electron chi connectivity index (χ1n) is 20.8. The Hall–Kier alpha value is -3.35. The van der Waals surface area contributed by atoms with Crippen LogP contribution < -0.4 is 16.0 Å². The van der Waals surface area contributed by atoms with Gasteiger partial charge in [0, 0.05) is 58.5 Å². The molecule has 1 aliphatic heterocycles. The van der Waals surface area contributed by atoms with Gasteiger partial charge in [-0.1, -0.05) is 101 Å². The van der Waals surface area contributed by atoms with Crippen molar-refractivity contribution in [1.29, 1.82) is 0 Å². The highest BCUT2D eigenvalue weighted by atomic mass is 16.5. The van der Waals surface area contributed by atoms with Crippen molar-refractivity contribution in [3.05, 3.63) is 35.9 Å². The highest BCUT2D eigenvalue weighted by Crippen LogP contribution is 2.20. The largest absolute Gasteiger partial charge is 0.379 e. The van der Waals surface area contributed by atoms with Crippen LogP contribution in [0.2, 0.25) is 0 Å². The minimum absolute atomic E-state index is 0.0365. The zero-order valence-corrected chi connectivity index (χ0v) is 33.1. The van der Waals surface area contributed by atoms with Gasteiger partial charge in [0.25, 0.3) is 0 Å². The number of ether oxygens (including phenoxy) is 3. The van der Waals surface area contributed by atoms with Crippen molar-refractivity contribution in [3.8, 4) is 0 Å². The third-order valence-corrected chi connectivity index (χ3v) is 9.57. The second-order valence-corrected chi connectivity index (χ2v) is 14.2. The van der Waals surface area contributed by atoms with E-state index in [2.05, 4.69) is 22.9 Å². The van der Waals surface area contributed by atoms with Gasteiger partial charge in [-0.25, -0.2) is 0 Å². The van der Waals surface area contributed by atoms with E-state index in [9.17, 15) is 24.0 Å². The van der Waals surface area contributed by atoms with Gasteiger partial charge in [-0.3, -0.25) is 19.2 Å². The van der Waals surface area contributed by atoms with Gasteiger partial charge in [0.1, 0.15) is 18.4 Å². The molecule has 54 heavy (non-hydrogen) atoms. The number of carbonyl (C=O) groups is 5. The monoisotopic (exact) mass is 759 g/mol. The molecule has 0 aliphatic carbocycles. The summed E-state index contributed by atoms with van der Waals surface area (Å²) in [6, 6.07) is 8.33. The standard InChI is InChI=1S/C42H70N4O8/c1-2-3-4-5-6-7-8-9-10-11-15-24-40(49)46-27-16-22-38(46)42(51)45-37(35-36-20-13-12-14-21-36)41(50)44-26-19-30-53-32-34-54-33-31-52-29-18-25-43-39(48)23-17-28-47/h12-14,20-21,28,37-38H,2-11,15-19,22-27,29-35H2,1H3,(H,43,48)(H,44,50)(H,45,51). The Bertz CT molecular complexity index is 1150. The fraction of sp³-hybridized carbons (Fsp3) is 0.738. The number of benzene rings is 1. The highest BCUT2D eigenvalue weighted by molar-refractivity contribution is 5.92. The summed E-state index contributed by atoms with van der Waals surface area (Å²) in [5, 5.41) is 8.68. The average Bonchev–Trinajstić information content (AvgIpc) is 3.68. The van der Waals surface area contributed by atoms with Crippen LogP contribution >= 0.6 is 0 Å². The molecular formula is C42H70N4O8. The maximum absolute atomic E-state index is 13.5. The minimum atomic E-state index is -0.757. The minimum Gasteiger partial charge on any atom is -0.379 e. The molecule has 1 aromatic carbocycles. The number of aldehydes is 1. The first kappa shape index (κ1) is 46.8. The van der Waals surface area contributed by atoms with Crippen LogP contribution in [0.25, 0.3) is 0 Å². The average molecular weight is 759 g/mol. The van der Waals surface area contributed by atoms with E-state index in [4.69, 9.17) is 14.2 Å². The zero-order chi connectivity index (χ0) is 38.9.